The maximum atomic E-state index is 13.6. The van der Waals surface area contributed by atoms with Gasteiger partial charge in [-0.05, 0) is 50.1 Å². The van der Waals surface area contributed by atoms with E-state index in [1.165, 1.54) is 0 Å². The summed E-state index contributed by atoms with van der Waals surface area (Å²) in [6.07, 6.45) is 5.15. The summed E-state index contributed by atoms with van der Waals surface area (Å²) in [5.74, 6) is 1.20. The van der Waals surface area contributed by atoms with E-state index >= 15 is 0 Å². The van der Waals surface area contributed by atoms with E-state index in [0.717, 1.165) is 23.9 Å². The molecule has 2 aromatic carbocycles. The van der Waals surface area contributed by atoms with Crippen molar-refractivity contribution >= 4 is 28.6 Å². The average molecular weight is 433 g/mol. The average Bonchev–Trinajstić information content (AvgIpc) is 3.23. The molecule has 2 aromatic heterocycles. The van der Waals surface area contributed by atoms with Gasteiger partial charge in [0, 0.05) is 35.6 Å². The van der Waals surface area contributed by atoms with Crippen molar-refractivity contribution in [2.75, 3.05) is 6.54 Å². The van der Waals surface area contributed by atoms with Crippen molar-refractivity contribution in [2.45, 2.75) is 31.7 Å². The smallest absolute Gasteiger partial charge is 0.254 e. The molecule has 1 saturated heterocycles. The highest BCUT2D eigenvalue weighted by molar-refractivity contribution is 6.31. The van der Waals surface area contributed by atoms with E-state index < -0.39 is 0 Å². The molecule has 0 aliphatic carbocycles. The molecule has 4 aromatic rings. The van der Waals surface area contributed by atoms with E-state index in [9.17, 15) is 4.79 Å². The van der Waals surface area contributed by atoms with Gasteiger partial charge < -0.3 is 9.32 Å². The first-order valence-electron chi connectivity index (χ1n) is 10.3. The van der Waals surface area contributed by atoms with Crippen molar-refractivity contribution < 1.29 is 9.21 Å². The zero-order valence-electron chi connectivity index (χ0n) is 17.0. The summed E-state index contributed by atoms with van der Waals surface area (Å²) in [7, 11) is 0. The van der Waals surface area contributed by atoms with Gasteiger partial charge in [-0.15, -0.1) is 0 Å². The Morgan fingerprint density at radius 1 is 1.10 bits per heavy atom. The summed E-state index contributed by atoms with van der Waals surface area (Å²) in [5, 5.41) is 0.626. The molecule has 0 saturated carbocycles. The molecule has 0 radical (unpaired) electrons. The topological polar surface area (TPSA) is 72.1 Å². The Morgan fingerprint density at radius 2 is 1.90 bits per heavy atom. The first-order chi connectivity index (χ1) is 15.1. The van der Waals surface area contributed by atoms with Crippen molar-refractivity contribution in [2.24, 2.45) is 0 Å². The van der Waals surface area contributed by atoms with Gasteiger partial charge in [0.05, 0.1) is 11.5 Å². The molecule has 31 heavy (non-hydrogen) atoms. The van der Waals surface area contributed by atoms with Gasteiger partial charge in [0.1, 0.15) is 5.52 Å². The van der Waals surface area contributed by atoms with Crippen LogP contribution in [0, 0.1) is 0 Å². The number of oxazole rings is 1. The molecule has 2 atom stereocenters. The van der Waals surface area contributed by atoms with Crippen LogP contribution < -0.4 is 0 Å². The van der Waals surface area contributed by atoms with E-state index in [0.29, 0.717) is 34.4 Å². The van der Waals surface area contributed by atoms with Crippen LogP contribution in [0.4, 0.5) is 0 Å². The second-order valence-corrected chi connectivity index (χ2v) is 8.30. The molecule has 5 rings (SSSR count). The van der Waals surface area contributed by atoms with Crippen molar-refractivity contribution in [1.29, 1.82) is 0 Å². The second-order valence-electron chi connectivity index (χ2n) is 7.86. The van der Waals surface area contributed by atoms with Gasteiger partial charge in [-0.1, -0.05) is 29.8 Å². The van der Waals surface area contributed by atoms with Gasteiger partial charge in [-0.3, -0.25) is 4.79 Å². The van der Waals surface area contributed by atoms with Crippen LogP contribution in [0.25, 0.3) is 22.5 Å². The first kappa shape index (κ1) is 19.7. The molecule has 7 heteroatoms. The van der Waals surface area contributed by atoms with Gasteiger partial charge in [-0.2, -0.15) is 0 Å². The summed E-state index contributed by atoms with van der Waals surface area (Å²) in [6, 6.07) is 14.8. The normalized spacial score (nSPS) is 19.0. The number of amides is 1. The molecule has 156 valence electrons. The van der Waals surface area contributed by atoms with Crippen LogP contribution in [-0.2, 0) is 0 Å². The van der Waals surface area contributed by atoms with Crippen molar-refractivity contribution in [3.63, 3.8) is 0 Å². The number of fused-ring (bicyclic) bond motifs is 1. The molecular formula is C24H21ClN4O2. The fraction of sp³-hybridized carbons (Fsp3) is 0.250. The standard InChI is InChI=1S/C24H21ClN4O2/c1-15-7-8-16(23-28-20-13-17(25)9-10-21(20)31-23)14-29(15)24(30)19-6-3-2-5-18(19)22-26-11-4-12-27-22/h2-6,9-13,15-16H,7-8,14H2,1H3. The zero-order valence-corrected chi connectivity index (χ0v) is 17.8. The number of likely N-dealkylation sites (tertiary alicyclic amines) is 1. The number of hydrogen-bond donors (Lipinski definition) is 0. The van der Waals surface area contributed by atoms with Crippen LogP contribution in [0.2, 0.25) is 5.02 Å². The summed E-state index contributed by atoms with van der Waals surface area (Å²) >= 11 is 6.09. The molecule has 1 amide bonds. The quantitative estimate of drug-likeness (QED) is 0.436. The maximum absolute atomic E-state index is 13.6. The molecule has 1 aliphatic heterocycles. The number of rotatable bonds is 3. The van der Waals surface area contributed by atoms with Crippen LogP contribution in [-0.4, -0.2) is 38.3 Å². The third-order valence-corrected chi connectivity index (χ3v) is 6.06. The van der Waals surface area contributed by atoms with Gasteiger partial charge in [0.2, 0.25) is 0 Å². The van der Waals surface area contributed by atoms with Gasteiger partial charge in [0.15, 0.2) is 17.3 Å². The molecule has 1 fully saturated rings. The zero-order chi connectivity index (χ0) is 21.4. The summed E-state index contributed by atoms with van der Waals surface area (Å²) in [4.78, 5) is 28.8. The molecule has 6 nitrogen and oxygen atoms in total. The molecule has 0 spiro atoms. The number of piperidine rings is 1. The molecule has 2 unspecified atom stereocenters. The van der Waals surface area contributed by atoms with E-state index in [-0.39, 0.29) is 17.9 Å². The van der Waals surface area contributed by atoms with Gasteiger partial charge in [0.25, 0.3) is 5.91 Å². The fourth-order valence-electron chi connectivity index (χ4n) is 4.14. The lowest BCUT2D eigenvalue weighted by Crippen LogP contribution is -2.45. The molecule has 0 bridgehead atoms. The number of carbonyl (C=O) groups is 1. The minimum Gasteiger partial charge on any atom is -0.440 e. The maximum Gasteiger partial charge on any atom is 0.254 e. The lowest BCUT2D eigenvalue weighted by molar-refractivity contribution is 0.0598. The lowest BCUT2D eigenvalue weighted by atomic mass is 9.92. The number of aromatic nitrogens is 3. The van der Waals surface area contributed by atoms with Crippen molar-refractivity contribution in [1.82, 2.24) is 19.9 Å². The predicted molar refractivity (Wildman–Crippen MR) is 119 cm³/mol. The number of nitrogens with zero attached hydrogens (tertiary/aromatic N) is 4. The highest BCUT2D eigenvalue weighted by Gasteiger charge is 2.33. The van der Waals surface area contributed by atoms with Crippen LogP contribution in [0.5, 0.6) is 0 Å². The van der Waals surface area contributed by atoms with Gasteiger partial charge >= 0.3 is 0 Å². The van der Waals surface area contributed by atoms with Crippen molar-refractivity contribution in [3.8, 4) is 11.4 Å². The summed E-state index contributed by atoms with van der Waals surface area (Å²) in [6.45, 7) is 2.63. The first-order valence-corrected chi connectivity index (χ1v) is 10.7. The highest BCUT2D eigenvalue weighted by atomic mass is 35.5. The Hall–Kier alpha value is -3.25. The third kappa shape index (κ3) is 3.79. The monoisotopic (exact) mass is 432 g/mol. The highest BCUT2D eigenvalue weighted by Crippen LogP contribution is 2.33. The predicted octanol–water partition coefficient (Wildman–Crippen LogP) is 5.35. The molecule has 0 N–H and O–H groups in total. The largest absolute Gasteiger partial charge is 0.440 e. The molecule has 3 heterocycles. The van der Waals surface area contributed by atoms with Crippen LogP contribution in [0.3, 0.4) is 0 Å². The fourth-order valence-corrected chi connectivity index (χ4v) is 4.31. The summed E-state index contributed by atoms with van der Waals surface area (Å²) < 4.78 is 6.00. The Labute approximate surface area is 184 Å². The number of benzene rings is 2. The van der Waals surface area contributed by atoms with E-state index in [1.54, 1.807) is 30.6 Å². The Morgan fingerprint density at radius 3 is 2.74 bits per heavy atom. The van der Waals surface area contributed by atoms with Crippen molar-refractivity contribution in [3.05, 3.63) is 77.4 Å². The van der Waals surface area contributed by atoms with Crippen LogP contribution in [0.15, 0.2) is 65.3 Å². The number of halogens is 1. The van der Waals surface area contributed by atoms with E-state index in [2.05, 4.69) is 21.9 Å². The molecule has 1 aliphatic rings. The van der Waals surface area contributed by atoms with Crippen LogP contribution in [0.1, 0.15) is 41.9 Å². The minimum absolute atomic E-state index is 0.0283. The Kier molecular flexibility index (Phi) is 5.16. The van der Waals surface area contributed by atoms with Gasteiger partial charge in [-0.25, -0.2) is 15.0 Å². The van der Waals surface area contributed by atoms with Crippen LogP contribution >= 0.6 is 11.6 Å². The van der Waals surface area contributed by atoms with E-state index in [1.807, 2.05) is 35.2 Å². The Bertz CT molecular complexity index is 1240. The SMILES string of the molecule is CC1CCC(c2nc3cc(Cl)ccc3o2)CN1C(=O)c1ccccc1-c1ncccn1. The number of carbonyl (C=O) groups excluding carboxylic acids is 1. The summed E-state index contributed by atoms with van der Waals surface area (Å²) in [5.41, 5.74) is 2.79. The minimum atomic E-state index is -0.0283. The molecular weight excluding hydrogens is 412 g/mol. The Balaban J connectivity index is 1.45. The van der Waals surface area contributed by atoms with E-state index in [4.69, 9.17) is 16.0 Å². The lowest BCUT2D eigenvalue weighted by Gasteiger charge is -2.37. The second kappa shape index (κ2) is 8.12. The number of hydrogen-bond acceptors (Lipinski definition) is 5. The third-order valence-electron chi connectivity index (χ3n) is 5.82.